The van der Waals surface area contributed by atoms with Crippen LogP contribution in [0.25, 0.3) is 0 Å². The highest BCUT2D eigenvalue weighted by Gasteiger charge is 2.21. The maximum atomic E-state index is 12.3. The van der Waals surface area contributed by atoms with E-state index in [1.807, 2.05) is 12.3 Å². The van der Waals surface area contributed by atoms with E-state index in [1.54, 1.807) is 18.3 Å². The fourth-order valence-electron chi connectivity index (χ4n) is 1.70. The zero-order chi connectivity index (χ0) is 14.6. The lowest BCUT2D eigenvalue weighted by molar-refractivity contribution is 0.549. The SMILES string of the molecule is CCC(NS(=O)(=O)c1ccc(NN)cc1)c1nccs1. The molecule has 2 aromatic rings. The minimum atomic E-state index is -3.57. The van der Waals surface area contributed by atoms with E-state index in [-0.39, 0.29) is 10.9 Å². The molecule has 6 nitrogen and oxygen atoms in total. The second kappa shape index (κ2) is 6.31. The van der Waals surface area contributed by atoms with E-state index in [2.05, 4.69) is 15.1 Å². The third-order valence-electron chi connectivity index (χ3n) is 2.79. The van der Waals surface area contributed by atoms with Gasteiger partial charge in [0.25, 0.3) is 0 Å². The summed E-state index contributed by atoms with van der Waals surface area (Å²) in [6.07, 6.45) is 2.30. The molecule has 0 saturated heterocycles. The second-order valence-corrected chi connectivity index (χ2v) is 6.76. The lowest BCUT2D eigenvalue weighted by Crippen LogP contribution is -2.28. The molecular weight excluding hydrogens is 296 g/mol. The van der Waals surface area contributed by atoms with Gasteiger partial charge >= 0.3 is 0 Å². The van der Waals surface area contributed by atoms with Crippen LogP contribution in [0.4, 0.5) is 5.69 Å². The Balaban J connectivity index is 2.21. The quantitative estimate of drug-likeness (QED) is 0.559. The third kappa shape index (κ3) is 3.34. The molecule has 0 aliphatic heterocycles. The molecule has 0 fully saturated rings. The van der Waals surface area contributed by atoms with Crippen molar-refractivity contribution < 1.29 is 8.42 Å². The van der Waals surface area contributed by atoms with Gasteiger partial charge in [-0.25, -0.2) is 18.1 Å². The smallest absolute Gasteiger partial charge is 0.241 e. The van der Waals surface area contributed by atoms with Crippen molar-refractivity contribution in [2.24, 2.45) is 5.84 Å². The van der Waals surface area contributed by atoms with Gasteiger partial charge in [-0.2, -0.15) is 0 Å². The van der Waals surface area contributed by atoms with Gasteiger partial charge < -0.3 is 5.43 Å². The lowest BCUT2D eigenvalue weighted by atomic mass is 10.3. The molecule has 2 rings (SSSR count). The van der Waals surface area contributed by atoms with Crippen LogP contribution < -0.4 is 16.0 Å². The molecule has 0 saturated carbocycles. The zero-order valence-corrected chi connectivity index (χ0v) is 12.5. The third-order valence-corrected chi connectivity index (χ3v) is 5.16. The normalized spacial score (nSPS) is 13.1. The van der Waals surface area contributed by atoms with Crippen LogP contribution in [0.5, 0.6) is 0 Å². The Labute approximate surface area is 122 Å². The zero-order valence-electron chi connectivity index (χ0n) is 10.9. The van der Waals surface area contributed by atoms with Gasteiger partial charge in [0.15, 0.2) is 0 Å². The molecule has 0 bridgehead atoms. The first-order valence-corrected chi connectivity index (χ1v) is 8.41. The van der Waals surface area contributed by atoms with Crippen LogP contribution in [-0.4, -0.2) is 13.4 Å². The Hall–Kier alpha value is -1.48. The molecule has 0 spiro atoms. The van der Waals surface area contributed by atoms with Crippen molar-refractivity contribution in [3.63, 3.8) is 0 Å². The number of nitrogens with one attached hydrogen (secondary N) is 2. The molecule has 1 aromatic heterocycles. The molecule has 8 heteroatoms. The molecule has 1 atom stereocenters. The summed E-state index contributed by atoms with van der Waals surface area (Å²) >= 11 is 1.43. The monoisotopic (exact) mass is 312 g/mol. The van der Waals surface area contributed by atoms with Crippen LogP contribution in [0.15, 0.2) is 40.7 Å². The van der Waals surface area contributed by atoms with Crippen molar-refractivity contribution in [3.8, 4) is 0 Å². The molecule has 0 amide bonds. The number of hydrogen-bond acceptors (Lipinski definition) is 6. The first-order valence-electron chi connectivity index (χ1n) is 6.05. The molecule has 20 heavy (non-hydrogen) atoms. The van der Waals surface area contributed by atoms with Crippen molar-refractivity contribution in [1.82, 2.24) is 9.71 Å². The Morgan fingerprint density at radius 1 is 1.35 bits per heavy atom. The van der Waals surface area contributed by atoms with E-state index in [0.29, 0.717) is 12.1 Å². The number of nitrogen functional groups attached to an aromatic ring is 1. The number of nitrogens with zero attached hydrogens (tertiary/aromatic N) is 1. The van der Waals surface area contributed by atoms with Crippen LogP contribution in [0.1, 0.15) is 24.4 Å². The van der Waals surface area contributed by atoms with Gasteiger partial charge in [0, 0.05) is 17.3 Å². The van der Waals surface area contributed by atoms with E-state index in [9.17, 15) is 8.42 Å². The Morgan fingerprint density at radius 2 is 2.05 bits per heavy atom. The van der Waals surface area contributed by atoms with Crippen molar-refractivity contribution in [3.05, 3.63) is 40.8 Å². The van der Waals surface area contributed by atoms with Gasteiger partial charge in [-0.3, -0.25) is 5.84 Å². The molecule has 108 valence electrons. The van der Waals surface area contributed by atoms with Gasteiger partial charge in [0.05, 0.1) is 10.9 Å². The van der Waals surface area contributed by atoms with E-state index >= 15 is 0 Å². The summed E-state index contributed by atoms with van der Waals surface area (Å²) in [4.78, 5) is 4.36. The number of aromatic nitrogens is 1. The summed E-state index contributed by atoms with van der Waals surface area (Å²) in [7, 11) is -3.57. The predicted octanol–water partition coefficient (Wildman–Crippen LogP) is 1.86. The summed E-state index contributed by atoms with van der Waals surface area (Å²) in [6.45, 7) is 1.91. The number of nitrogens with two attached hydrogens (primary N) is 1. The first kappa shape index (κ1) is 14.9. The van der Waals surface area contributed by atoms with E-state index < -0.39 is 10.0 Å². The van der Waals surface area contributed by atoms with Crippen molar-refractivity contribution in [2.75, 3.05) is 5.43 Å². The number of anilines is 1. The standard InChI is InChI=1S/C12H16N4O2S2/c1-2-11(12-14-7-8-19-12)16-20(17,18)10-5-3-9(15-13)4-6-10/h3-8,11,15-16H,2,13H2,1H3. The number of benzene rings is 1. The highest BCUT2D eigenvalue weighted by Crippen LogP contribution is 2.22. The van der Waals surface area contributed by atoms with Crippen LogP contribution in [0, 0.1) is 0 Å². The van der Waals surface area contributed by atoms with Crippen molar-refractivity contribution in [1.29, 1.82) is 0 Å². The molecule has 4 N–H and O–H groups in total. The number of hydrazine groups is 1. The summed E-state index contributed by atoms with van der Waals surface area (Å²) in [5, 5.41) is 2.59. The molecule has 1 unspecified atom stereocenters. The molecule has 0 aliphatic rings. The Bertz CT molecular complexity index is 639. The summed E-state index contributed by atoms with van der Waals surface area (Å²) in [5.74, 6) is 5.25. The largest absolute Gasteiger partial charge is 0.324 e. The van der Waals surface area contributed by atoms with Crippen LogP contribution in [0.2, 0.25) is 0 Å². The van der Waals surface area contributed by atoms with Crippen molar-refractivity contribution >= 4 is 27.0 Å². The maximum absolute atomic E-state index is 12.3. The fourth-order valence-corrected chi connectivity index (χ4v) is 3.83. The molecule has 0 aliphatic carbocycles. The number of rotatable bonds is 6. The highest BCUT2D eigenvalue weighted by molar-refractivity contribution is 7.89. The predicted molar refractivity (Wildman–Crippen MR) is 79.7 cm³/mol. The fraction of sp³-hybridized carbons (Fsp3) is 0.250. The van der Waals surface area contributed by atoms with E-state index in [1.165, 1.54) is 23.5 Å². The van der Waals surface area contributed by atoms with Crippen molar-refractivity contribution in [2.45, 2.75) is 24.3 Å². The second-order valence-electron chi connectivity index (χ2n) is 4.12. The number of sulfonamides is 1. The van der Waals surface area contributed by atoms with Crippen LogP contribution in [-0.2, 0) is 10.0 Å². The number of hydrogen-bond donors (Lipinski definition) is 3. The summed E-state index contributed by atoms with van der Waals surface area (Å²) < 4.78 is 27.3. The van der Waals surface area contributed by atoms with Gasteiger partial charge in [-0.05, 0) is 30.7 Å². The van der Waals surface area contributed by atoms with Crippen LogP contribution >= 0.6 is 11.3 Å². The molecule has 0 radical (unpaired) electrons. The summed E-state index contributed by atoms with van der Waals surface area (Å²) in [6, 6.07) is 5.92. The van der Waals surface area contributed by atoms with E-state index in [0.717, 1.165) is 5.01 Å². The topological polar surface area (TPSA) is 97.1 Å². The minimum absolute atomic E-state index is 0.200. The first-order chi connectivity index (χ1) is 9.56. The lowest BCUT2D eigenvalue weighted by Gasteiger charge is -2.15. The molecule has 1 aromatic carbocycles. The van der Waals surface area contributed by atoms with Gasteiger partial charge in [-0.15, -0.1) is 11.3 Å². The van der Waals surface area contributed by atoms with Gasteiger partial charge in [-0.1, -0.05) is 6.92 Å². The summed E-state index contributed by atoms with van der Waals surface area (Å²) in [5.41, 5.74) is 3.11. The maximum Gasteiger partial charge on any atom is 0.241 e. The van der Waals surface area contributed by atoms with Crippen LogP contribution in [0.3, 0.4) is 0 Å². The highest BCUT2D eigenvalue weighted by atomic mass is 32.2. The van der Waals surface area contributed by atoms with E-state index in [4.69, 9.17) is 5.84 Å². The van der Waals surface area contributed by atoms with Gasteiger partial charge in [0.2, 0.25) is 10.0 Å². The van der Waals surface area contributed by atoms with Gasteiger partial charge in [0.1, 0.15) is 5.01 Å². The average molecular weight is 312 g/mol. The Morgan fingerprint density at radius 3 is 2.55 bits per heavy atom. The minimum Gasteiger partial charge on any atom is -0.324 e. The molecular formula is C12H16N4O2S2. The average Bonchev–Trinajstić information content (AvgIpc) is 2.99. The molecule has 1 heterocycles. The number of thiazole rings is 1. The Kier molecular flexibility index (Phi) is 4.71.